The van der Waals surface area contributed by atoms with E-state index in [-0.39, 0.29) is 5.75 Å². The highest BCUT2D eigenvalue weighted by Crippen LogP contribution is 2.31. The molecule has 102 valence electrons. The standard InChI is InChI=1S/C16H16N2O2/c1-3-10-4-7-13-14(8-10)18-16(17-13)12-6-5-11(20-2)9-15(12)19/h4-9,19H,3H2,1-2H3,(H,17,18). The molecule has 0 atom stereocenters. The van der Waals surface area contributed by atoms with Crippen LogP contribution in [0.2, 0.25) is 0 Å². The molecule has 0 saturated heterocycles. The van der Waals surface area contributed by atoms with Gasteiger partial charge in [0.25, 0.3) is 0 Å². The zero-order valence-corrected chi connectivity index (χ0v) is 11.5. The number of phenolic OH excluding ortho intramolecular Hbond substituents is 1. The lowest BCUT2D eigenvalue weighted by Gasteiger charge is -2.04. The number of imidazole rings is 1. The third-order valence-corrected chi connectivity index (χ3v) is 3.41. The number of rotatable bonds is 3. The van der Waals surface area contributed by atoms with Gasteiger partial charge in [-0.15, -0.1) is 0 Å². The van der Waals surface area contributed by atoms with Crippen molar-refractivity contribution in [2.24, 2.45) is 0 Å². The van der Waals surface area contributed by atoms with Gasteiger partial charge in [0.15, 0.2) is 0 Å². The summed E-state index contributed by atoms with van der Waals surface area (Å²) in [7, 11) is 1.57. The van der Waals surface area contributed by atoms with Gasteiger partial charge in [-0.2, -0.15) is 0 Å². The third-order valence-electron chi connectivity index (χ3n) is 3.41. The second kappa shape index (κ2) is 4.89. The minimum Gasteiger partial charge on any atom is -0.507 e. The molecule has 4 heteroatoms. The molecule has 4 nitrogen and oxygen atoms in total. The number of aromatic amines is 1. The summed E-state index contributed by atoms with van der Waals surface area (Å²) in [6.45, 7) is 2.12. The van der Waals surface area contributed by atoms with E-state index in [2.05, 4.69) is 29.0 Å². The predicted octanol–water partition coefficient (Wildman–Crippen LogP) is 3.51. The number of phenols is 1. The number of nitrogens with zero attached hydrogens (tertiary/aromatic N) is 1. The largest absolute Gasteiger partial charge is 0.507 e. The molecule has 1 heterocycles. The van der Waals surface area contributed by atoms with Gasteiger partial charge in [-0.05, 0) is 36.2 Å². The molecule has 2 aromatic carbocycles. The molecular formula is C16H16N2O2. The second-order valence-corrected chi connectivity index (χ2v) is 4.67. The van der Waals surface area contributed by atoms with Crippen molar-refractivity contribution in [3.8, 4) is 22.9 Å². The zero-order valence-electron chi connectivity index (χ0n) is 11.5. The number of H-pyrrole nitrogens is 1. The minimum absolute atomic E-state index is 0.152. The molecule has 0 amide bonds. The van der Waals surface area contributed by atoms with E-state index in [1.165, 1.54) is 5.56 Å². The van der Waals surface area contributed by atoms with Crippen molar-refractivity contribution >= 4 is 11.0 Å². The van der Waals surface area contributed by atoms with Crippen molar-refractivity contribution in [3.05, 3.63) is 42.0 Å². The second-order valence-electron chi connectivity index (χ2n) is 4.67. The lowest BCUT2D eigenvalue weighted by atomic mass is 10.1. The van der Waals surface area contributed by atoms with Crippen LogP contribution in [0, 0.1) is 0 Å². The monoisotopic (exact) mass is 268 g/mol. The maximum absolute atomic E-state index is 10.1. The number of methoxy groups -OCH3 is 1. The smallest absolute Gasteiger partial charge is 0.142 e. The van der Waals surface area contributed by atoms with Gasteiger partial charge in [0.2, 0.25) is 0 Å². The van der Waals surface area contributed by atoms with Crippen molar-refractivity contribution in [2.75, 3.05) is 7.11 Å². The first-order valence-corrected chi connectivity index (χ1v) is 6.57. The SMILES string of the molecule is CCc1ccc2nc(-c3ccc(OC)cc3O)[nH]c2c1. The average Bonchev–Trinajstić information content (AvgIpc) is 2.89. The maximum atomic E-state index is 10.1. The Kier molecular flexibility index (Phi) is 3.06. The highest BCUT2D eigenvalue weighted by molar-refractivity contribution is 5.81. The number of aryl methyl sites for hydroxylation is 1. The van der Waals surface area contributed by atoms with Crippen LogP contribution in [0.5, 0.6) is 11.5 Å². The molecule has 0 radical (unpaired) electrons. The van der Waals surface area contributed by atoms with E-state index in [1.54, 1.807) is 25.3 Å². The van der Waals surface area contributed by atoms with E-state index in [4.69, 9.17) is 4.74 Å². The van der Waals surface area contributed by atoms with Gasteiger partial charge in [-0.3, -0.25) is 0 Å². The summed E-state index contributed by atoms with van der Waals surface area (Å²) in [5, 5.41) is 10.1. The first kappa shape index (κ1) is 12.5. The topological polar surface area (TPSA) is 58.1 Å². The highest BCUT2D eigenvalue weighted by atomic mass is 16.5. The van der Waals surface area contributed by atoms with E-state index >= 15 is 0 Å². The van der Waals surface area contributed by atoms with Crippen molar-refractivity contribution in [1.29, 1.82) is 0 Å². The van der Waals surface area contributed by atoms with Gasteiger partial charge in [0.05, 0.1) is 23.7 Å². The van der Waals surface area contributed by atoms with Crippen molar-refractivity contribution in [1.82, 2.24) is 9.97 Å². The molecule has 0 unspecified atom stereocenters. The molecule has 0 aliphatic carbocycles. The number of fused-ring (bicyclic) bond motifs is 1. The Morgan fingerprint density at radius 2 is 2.05 bits per heavy atom. The average molecular weight is 268 g/mol. The first-order chi connectivity index (χ1) is 9.71. The Labute approximate surface area is 117 Å². The molecule has 3 aromatic rings. The van der Waals surface area contributed by atoms with Gasteiger partial charge in [0, 0.05) is 6.07 Å². The molecular weight excluding hydrogens is 252 g/mol. The molecule has 0 aliphatic rings. The lowest BCUT2D eigenvalue weighted by molar-refractivity contribution is 0.408. The summed E-state index contributed by atoms with van der Waals surface area (Å²) in [6, 6.07) is 11.3. The fourth-order valence-corrected chi connectivity index (χ4v) is 2.24. The molecule has 20 heavy (non-hydrogen) atoms. The van der Waals surface area contributed by atoms with Crippen LogP contribution >= 0.6 is 0 Å². The Morgan fingerprint density at radius 1 is 1.20 bits per heavy atom. The lowest BCUT2D eigenvalue weighted by Crippen LogP contribution is -1.85. The number of hydrogen-bond acceptors (Lipinski definition) is 3. The maximum Gasteiger partial charge on any atom is 0.142 e. The summed E-state index contributed by atoms with van der Waals surface area (Å²) < 4.78 is 5.08. The molecule has 2 N–H and O–H groups in total. The number of ether oxygens (including phenoxy) is 1. The van der Waals surface area contributed by atoms with Crippen LogP contribution in [0.15, 0.2) is 36.4 Å². The number of benzene rings is 2. The third kappa shape index (κ3) is 2.09. The Balaban J connectivity index is 2.10. The van der Waals surface area contributed by atoms with Crippen LogP contribution in [-0.4, -0.2) is 22.2 Å². The van der Waals surface area contributed by atoms with Crippen LogP contribution in [0.3, 0.4) is 0 Å². The van der Waals surface area contributed by atoms with Crippen molar-refractivity contribution in [2.45, 2.75) is 13.3 Å². The predicted molar refractivity (Wildman–Crippen MR) is 79.1 cm³/mol. The van der Waals surface area contributed by atoms with Gasteiger partial charge in [-0.25, -0.2) is 4.98 Å². The van der Waals surface area contributed by atoms with E-state index in [0.717, 1.165) is 17.5 Å². The minimum atomic E-state index is 0.152. The zero-order chi connectivity index (χ0) is 14.1. The van der Waals surface area contributed by atoms with E-state index in [9.17, 15) is 5.11 Å². The normalized spacial score (nSPS) is 10.9. The summed E-state index contributed by atoms with van der Waals surface area (Å²) in [5.41, 5.74) is 3.80. The quantitative estimate of drug-likeness (QED) is 0.764. The first-order valence-electron chi connectivity index (χ1n) is 6.57. The Morgan fingerprint density at radius 3 is 2.75 bits per heavy atom. The molecule has 3 rings (SSSR count). The van der Waals surface area contributed by atoms with Gasteiger partial charge < -0.3 is 14.8 Å². The molecule has 0 spiro atoms. The van der Waals surface area contributed by atoms with E-state index < -0.39 is 0 Å². The van der Waals surface area contributed by atoms with Gasteiger partial charge in [0.1, 0.15) is 17.3 Å². The fourth-order valence-electron chi connectivity index (χ4n) is 2.24. The summed E-state index contributed by atoms with van der Waals surface area (Å²) in [5.74, 6) is 1.43. The molecule has 0 aliphatic heterocycles. The van der Waals surface area contributed by atoms with Crippen molar-refractivity contribution < 1.29 is 9.84 Å². The highest BCUT2D eigenvalue weighted by Gasteiger charge is 2.10. The molecule has 0 fully saturated rings. The number of nitrogens with one attached hydrogen (secondary N) is 1. The summed E-state index contributed by atoms with van der Waals surface area (Å²) in [6.07, 6.45) is 0.984. The van der Waals surface area contributed by atoms with E-state index in [0.29, 0.717) is 17.1 Å². The van der Waals surface area contributed by atoms with E-state index in [1.807, 2.05) is 6.07 Å². The van der Waals surface area contributed by atoms with Gasteiger partial charge in [-0.1, -0.05) is 13.0 Å². The Hall–Kier alpha value is -2.49. The molecule has 1 aromatic heterocycles. The Bertz CT molecular complexity index is 762. The fraction of sp³-hybridized carbons (Fsp3) is 0.188. The summed E-state index contributed by atoms with van der Waals surface area (Å²) >= 11 is 0. The van der Waals surface area contributed by atoms with Crippen LogP contribution < -0.4 is 4.74 Å². The summed E-state index contributed by atoms with van der Waals surface area (Å²) in [4.78, 5) is 7.77. The number of aromatic hydroxyl groups is 1. The van der Waals surface area contributed by atoms with Crippen LogP contribution in [0.4, 0.5) is 0 Å². The number of hydrogen-bond donors (Lipinski definition) is 2. The van der Waals surface area contributed by atoms with Crippen LogP contribution in [0.25, 0.3) is 22.4 Å². The molecule has 0 bridgehead atoms. The number of aromatic nitrogens is 2. The van der Waals surface area contributed by atoms with Crippen LogP contribution in [-0.2, 0) is 6.42 Å². The van der Waals surface area contributed by atoms with Crippen molar-refractivity contribution in [3.63, 3.8) is 0 Å². The molecule has 0 saturated carbocycles. The van der Waals surface area contributed by atoms with Crippen LogP contribution in [0.1, 0.15) is 12.5 Å². The van der Waals surface area contributed by atoms with Gasteiger partial charge >= 0.3 is 0 Å².